The Hall–Kier alpha value is -1.19. The molecular weight excluding hydrogens is 228 g/mol. The van der Waals surface area contributed by atoms with Crippen molar-refractivity contribution in [2.75, 3.05) is 13.7 Å². The Morgan fingerprint density at radius 1 is 1.50 bits per heavy atom. The number of ether oxygens (including phenoxy) is 2. The Morgan fingerprint density at radius 2 is 2.25 bits per heavy atom. The lowest BCUT2D eigenvalue weighted by Crippen LogP contribution is -2.02. The molecule has 88 valence electrons. The standard InChI is InChI=1S/C12H15ClO3/c1-3-4-5-16-12-9(8-14)6-10(13)7-11(12)15-2/h3,6-7,14H,1,4-5,8H2,2H3. The monoisotopic (exact) mass is 242 g/mol. The molecule has 0 spiro atoms. The van der Waals surface area contributed by atoms with Gasteiger partial charge in [0.1, 0.15) is 0 Å². The summed E-state index contributed by atoms with van der Waals surface area (Å²) in [5, 5.41) is 9.72. The zero-order valence-electron chi connectivity index (χ0n) is 9.20. The molecule has 1 rings (SSSR count). The molecule has 0 saturated carbocycles. The molecule has 1 N–H and O–H groups in total. The maximum absolute atomic E-state index is 9.21. The van der Waals surface area contributed by atoms with Crippen LogP contribution in [0.15, 0.2) is 24.8 Å². The van der Waals surface area contributed by atoms with Gasteiger partial charge in [0, 0.05) is 16.7 Å². The lowest BCUT2D eigenvalue weighted by Gasteiger charge is -2.14. The smallest absolute Gasteiger partial charge is 0.166 e. The van der Waals surface area contributed by atoms with Crippen molar-refractivity contribution >= 4 is 11.6 Å². The molecule has 0 aromatic heterocycles. The van der Waals surface area contributed by atoms with Gasteiger partial charge in [-0.15, -0.1) is 6.58 Å². The topological polar surface area (TPSA) is 38.7 Å². The van der Waals surface area contributed by atoms with Crippen molar-refractivity contribution in [3.05, 3.63) is 35.4 Å². The van der Waals surface area contributed by atoms with Gasteiger partial charge >= 0.3 is 0 Å². The molecule has 0 aliphatic rings. The van der Waals surface area contributed by atoms with Gasteiger partial charge < -0.3 is 14.6 Å². The maximum Gasteiger partial charge on any atom is 0.166 e. The molecule has 0 aliphatic heterocycles. The largest absolute Gasteiger partial charge is 0.493 e. The molecule has 3 nitrogen and oxygen atoms in total. The Balaban J connectivity index is 2.97. The molecule has 0 atom stereocenters. The minimum atomic E-state index is -0.139. The predicted molar refractivity (Wildman–Crippen MR) is 64.2 cm³/mol. The quantitative estimate of drug-likeness (QED) is 0.616. The van der Waals surface area contributed by atoms with Crippen molar-refractivity contribution in [3.63, 3.8) is 0 Å². The number of aliphatic hydroxyl groups excluding tert-OH is 1. The van der Waals surface area contributed by atoms with Gasteiger partial charge in [-0.1, -0.05) is 17.7 Å². The van der Waals surface area contributed by atoms with Crippen LogP contribution in [0.2, 0.25) is 5.02 Å². The molecule has 0 unspecified atom stereocenters. The zero-order chi connectivity index (χ0) is 12.0. The van der Waals surface area contributed by atoms with Crippen molar-refractivity contribution in [1.82, 2.24) is 0 Å². The van der Waals surface area contributed by atoms with Crippen LogP contribution in [0.5, 0.6) is 11.5 Å². The lowest BCUT2D eigenvalue weighted by molar-refractivity contribution is 0.257. The predicted octanol–water partition coefficient (Wildman–Crippen LogP) is 2.80. The Bertz CT molecular complexity index is 338. The van der Waals surface area contributed by atoms with Crippen LogP contribution in [0.1, 0.15) is 12.0 Å². The average molecular weight is 243 g/mol. The number of halogens is 1. The van der Waals surface area contributed by atoms with Gasteiger partial charge in [-0.3, -0.25) is 0 Å². The highest BCUT2D eigenvalue weighted by molar-refractivity contribution is 6.30. The first-order chi connectivity index (χ1) is 7.72. The van der Waals surface area contributed by atoms with Crippen LogP contribution in [0, 0.1) is 0 Å². The van der Waals surface area contributed by atoms with E-state index in [2.05, 4.69) is 6.58 Å². The van der Waals surface area contributed by atoms with Gasteiger partial charge in [0.05, 0.1) is 20.3 Å². The Kier molecular flexibility index (Phi) is 5.15. The minimum absolute atomic E-state index is 0.139. The third-order valence-corrected chi connectivity index (χ3v) is 2.27. The van der Waals surface area contributed by atoms with Gasteiger partial charge in [-0.05, 0) is 12.5 Å². The number of aliphatic hydroxyl groups is 1. The number of benzene rings is 1. The molecule has 4 heteroatoms. The zero-order valence-corrected chi connectivity index (χ0v) is 9.96. The van der Waals surface area contributed by atoms with Crippen molar-refractivity contribution in [3.8, 4) is 11.5 Å². The summed E-state index contributed by atoms with van der Waals surface area (Å²) < 4.78 is 10.7. The van der Waals surface area contributed by atoms with Crippen LogP contribution in [0.25, 0.3) is 0 Å². The number of hydrogen-bond acceptors (Lipinski definition) is 3. The summed E-state index contributed by atoms with van der Waals surface area (Å²) in [5.74, 6) is 1.07. The van der Waals surface area contributed by atoms with E-state index in [9.17, 15) is 5.11 Å². The summed E-state index contributed by atoms with van der Waals surface area (Å²) in [5.41, 5.74) is 0.619. The van der Waals surface area contributed by atoms with E-state index in [1.54, 1.807) is 18.2 Å². The summed E-state index contributed by atoms with van der Waals surface area (Å²) >= 11 is 5.88. The number of hydrogen-bond donors (Lipinski definition) is 1. The first-order valence-corrected chi connectivity index (χ1v) is 5.31. The van der Waals surface area contributed by atoms with Crippen molar-refractivity contribution in [2.45, 2.75) is 13.0 Å². The van der Waals surface area contributed by atoms with E-state index in [0.717, 1.165) is 6.42 Å². The second-order valence-corrected chi connectivity index (χ2v) is 3.62. The van der Waals surface area contributed by atoms with E-state index >= 15 is 0 Å². The summed E-state index contributed by atoms with van der Waals surface area (Å²) in [7, 11) is 1.53. The van der Waals surface area contributed by atoms with E-state index in [1.165, 1.54) is 7.11 Å². The molecule has 0 heterocycles. The van der Waals surface area contributed by atoms with Crippen molar-refractivity contribution in [1.29, 1.82) is 0 Å². The molecule has 0 radical (unpaired) electrons. The fourth-order valence-electron chi connectivity index (χ4n) is 1.30. The fourth-order valence-corrected chi connectivity index (χ4v) is 1.53. The fraction of sp³-hybridized carbons (Fsp3) is 0.333. The van der Waals surface area contributed by atoms with E-state index in [-0.39, 0.29) is 6.61 Å². The van der Waals surface area contributed by atoms with Crippen LogP contribution in [0.3, 0.4) is 0 Å². The number of methoxy groups -OCH3 is 1. The Labute approximate surface area is 100 Å². The first kappa shape index (κ1) is 12.9. The molecule has 0 saturated heterocycles. The number of rotatable bonds is 6. The van der Waals surface area contributed by atoms with Crippen LogP contribution < -0.4 is 9.47 Å². The van der Waals surface area contributed by atoms with Gasteiger partial charge in [0.15, 0.2) is 11.5 Å². The normalized spacial score (nSPS) is 9.94. The van der Waals surface area contributed by atoms with E-state index < -0.39 is 0 Å². The highest BCUT2D eigenvalue weighted by atomic mass is 35.5. The SMILES string of the molecule is C=CCCOc1c(CO)cc(Cl)cc1OC. The summed E-state index contributed by atoms with van der Waals surface area (Å²) in [6, 6.07) is 3.32. The highest BCUT2D eigenvalue weighted by Gasteiger charge is 2.11. The molecule has 1 aromatic rings. The van der Waals surface area contributed by atoms with Crippen LogP contribution in [-0.4, -0.2) is 18.8 Å². The molecule has 0 amide bonds. The minimum Gasteiger partial charge on any atom is -0.493 e. The maximum atomic E-state index is 9.21. The summed E-state index contributed by atoms with van der Waals surface area (Å²) in [6.45, 7) is 3.97. The molecule has 1 aromatic carbocycles. The third kappa shape index (κ3) is 3.15. The van der Waals surface area contributed by atoms with Crippen molar-refractivity contribution in [2.24, 2.45) is 0 Å². The van der Waals surface area contributed by atoms with Crippen LogP contribution in [-0.2, 0) is 6.61 Å². The van der Waals surface area contributed by atoms with E-state index in [0.29, 0.717) is 28.7 Å². The second-order valence-electron chi connectivity index (χ2n) is 3.18. The van der Waals surface area contributed by atoms with E-state index in [4.69, 9.17) is 21.1 Å². The average Bonchev–Trinajstić information content (AvgIpc) is 2.30. The molecule has 0 aliphatic carbocycles. The summed E-state index contributed by atoms with van der Waals surface area (Å²) in [4.78, 5) is 0. The van der Waals surface area contributed by atoms with Crippen LogP contribution in [0.4, 0.5) is 0 Å². The van der Waals surface area contributed by atoms with Crippen LogP contribution >= 0.6 is 11.6 Å². The highest BCUT2D eigenvalue weighted by Crippen LogP contribution is 2.34. The molecular formula is C12H15ClO3. The molecule has 0 fully saturated rings. The molecule has 16 heavy (non-hydrogen) atoms. The van der Waals surface area contributed by atoms with Gasteiger partial charge in [0.2, 0.25) is 0 Å². The van der Waals surface area contributed by atoms with E-state index in [1.807, 2.05) is 0 Å². The molecule has 0 bridgehead atoms. The third-order valence-electron chi connectivity index (χ3n) is 2.06. The Morgan fingerprint density at radius 3 is 2.81 bits per heavy atom. The van der Waals surface area contributed by atoms with Gasteiger partial charge in [-0.25, -0.2) is 0 Å². The lowest BCUT2D eigenvalue weighted by atomic mass is 10.2. The van der Waals surface area contributed by atoms with Gasteiger partial charge in [0.25, 0.3) is 0 Å². The summed E-state index contributed by atoms with van der Waals surface area (Å²) in [6.07, 6.45) is 2.50. The van der Waals surface area contributed by atoms with Crippen molar-refractivity contribution < 1.29 is 14.6 Å². The van der Waals surface area contributed by atoms with Gasteiger partial charge in [-0.2, -0.15) is 0 Å². The second kappa shape index (κ2) is 6.40. The first-order valence-electron chi connectivity index (χ1n) is 4.94.